The zero-order valence-corrected chi connectivity index (χ0v) is 15.3. The molecule has 0 saturated carbocycles. The Morgan fingerprint density at radius 3 is 2.16 bits per heavy atom. The van der Waals surface area contributed by atoms with Crippen molar-refractivity contribution in [2.24, 2.45) is 0 Å². The largest absolute Gasteiger partial charge is 0.508 e. The fraction of sp³-hybridized carbons (Fsp3) is 0. The molecule has 9 nitrogen and oxygen atoms in total. The van der Waals surface area contributed by atoms with Crippen LogP contribution in [0, 0.1) is 0 Å². The van der Waals surface area contributed by atoms with E-state index in [4.69, 9.17) is 13.3 Å². The molecule has 0 atom stereocenters. The van der Waals surface area contributed by atoms with Crippen molar-refractivity contribution in [2.75, 3.05) is 0 Å². The number of benzene rings is 3. The summed E-state index contributed by atoms with van der Waals surface area (Å²) in [6, 6.07) is 7.47. The predicted octanol–water partition coefficient (Wildman–Crippen LogP) is 3.73. The highest BCUT2D eigenvalue weighted by molar-refractivity contribution is 6.28. The van der Waals surface area contributed by atoms with E-state index in [2.05, 4.69) is 0 Å². The summed E-state index contributed by atoms with van der Waals surface area (Å²) in [4.78, 5) is 24.9. The molecule has 9 heteroatoms. The van der Waals surface area contributed by atoms with Gasteiger partial charge in [0, 0.05) is 34.5 Å². The second kappa shape index (κ2) is 5.48. The average Bonchev–Trinajstić information content (AvgIpc) is 2.73. The second-order valence-corrected chi connectivity index (χ2v) is 7.12. The minimum absolute atomic E-state index is 0.0203. The summed E-state index contributed by atoms with van der Waals surface area (Å²) in [6.45, 7) is 0. The molecule has 0 fully saturated rings. The van der Waals surface area contributed by atoms with Crippen molar-refractivity contribution in [3.63, 3.8) is 0 Å². The van der Waals surface area contributed by atoms with Crippen LogP contribution in [-0.2, 0) is 0 Å². The standard InChI is InChI=1S/C22H10O9/c23-8-4-13-16-14(5-8)30-20-15-9(6-12(26)18(20)27)22(28)31-21(17(15)16)19(29-13)7-1-2-10(24)11(25)3-7/h1-6,23-25,27H. The van der Waals surface area contributed by atoms with E-state index in [0.29, 0.717) is 10.8 Å². The monoisotopic (exact) mass is 418 g/mol. The molecule has 0 amide bonds. The Morgan fingerprint density at radius 2 is 1.42 bits per heavy atom. The van der Waals surface area contributed by atoms with E-state index in [0.717, 1.165) is 6.07 Å². The van der Waals surface area contributed by atoms with E-state index in [1.54, 1.807) is 0 Å². The molecule has 0 bridgehead atoms. The fourth-order valence-electron chi connectivity index (χ4n) is 3.95. The minimum Gasteiger partial charge on any atom is -0.508 e. The summed E-state index contributed by atoms with van der Waals surface area (Å²) in [7, 11) is 0. The summed E-state index contributed by atoms with van der Waals surface area (Å²) in [5.74, 6) is -1.66. The van der Waals surface area contributed by atoms with E-state index in [9.17, 15) is 30.0 Å². The van der Waals surface area contributed by atoms with Crippen molar-refractivity contribution >= 4 is 43.9 Å². The Balaban J connectivity index is 1.97. The zero-order chi connectivity index (χ0) is 21.6. The van der Waals surface area contributed by atoms with Gasteiger partial charge in [-0.2, -0.15) is 0 Å². The molecule has 3 heterocycles. The molecule has 0 aliphatic heterocycles. The zero-order valence-electron chi connectivity index (χ0n) is 15.3. The Hall–Kier alpha value is -4.66. The maximum absolute atomic E-state index is 12.7. The first-order valence-electron chi connectivity index (χ1n) is 9.00. The lowest BCUT2D eigenvalue weighted by Crippen LogP contribution is -2.08. The van der Waals surface area contributed by atoms with Crippen LogP contribution in [0.2, 0.25) is 0 Å². The molecular formula is C22H10O9. The second-order valence-electron chi connectivity index (χ2n) is 7.12. The first-order valence-corrected chi connectivity index (χ1v) is 9.00. The van der Waals surface area contributed by atoms with Gasteiger partial charge in [0.2, 0.25) is 11.2 Å². The number of phenolic OH excluding ortho intramolecular Hbond substituents is 4. The van der Waals surface area contributed by atoms with Gasteiger partial charge < -0.3 is 33.7 Å². The Bertz CT molecular complexity index is 1820. The summed E-state index contributed by atoms with van der Waals surface area (Å²) in [5.41, 5.74) is -1.41. The van der Waals surface area contributed by atoms with Gasteiger partial charge in [-0.15, -0.1) is 0 Å². The lowest BCUT2D eigenvalue weighted by molar-refractivity contribution is 0.404. The van der Waals surface area contributed by atoms with Crippen molar-refractivity contribution < 1.29 is 33.7 Å². The van der Waals surface area contributed by atoms with Gasteiger partial charge in [-0.1, -0.05) is 0 Å². The normalized spacial score (nSPS) is 12.0. The molecular weight excluding hydrogens is 408 g/mol. The number of hydrogen-bond donors (Lipinski definition) is 4. The highest BCUT2D eigenvalue weighted by Crippen LogP contribution is 2.45. The topological polar surface area (TPSA) is 154 Å². The van der Waals surface area contributed by atoms with E-state index >= 15 is 0 Å². The Morgan fingerprint density at radius 1 is 0.677 bits per heavy atom. The quantitative estimate of drug-likeness (QED) is 0.178. The van der Waals surface area contributed by atoms with E-state index in [1.165, 1.54) is 30.3 Å². The smallest absolute Gasteiger partial charge is 0.344 e. The highest BCUT2D eigenvalue weighted by Gasteiger charge is 2.26. The molecule has 0 aliphatic rings. The van der Waals surface area contributed by atoms with Gasteiger partial charge in [0.25, 0.3) is 0 Å². The molecule has 31 heavy (non-hydrogen) atoms. The molecule has 0 radical (unpaired) electrons. The lowest BCUT2D eigenvalue weighted by atomic mass is 9.99. The lowest BCUT2D eigenvalue weighted by Gasteiger charge is -2.15. The summed E-state index contributed by atoms with van der Waals surface area (Å²) < 4.78 is 17.1. The van der Waals surface area contributed by atoms with Gasteiger partial charge in [-0.3, -0.25) is 4.79 Å². The van der Waals surface area contributed by atoms with Crippen LogP contribution in [0.4, 0.5) is 0 Å². The van der Waals surface area contributed by atoms with Gasteiger partial charge >= 0.3 is 5.63 Å². The molecule has 6 aromatic rings. The van der Waals surface area contributed by atoms with Crippen LogP contribution in [0.15, 0.2) is 59.2 Å². The van der Waals surface area contributed by atoms with Crippen LogP contribution in [-0.4, -0.2) is 20.4 Å². The Labute approximate surface area is 169 Å². The average molecular weight is 418 g/mol. The van der Waals surface area contributed by atoms with Crippen molar-refractivity contribution in [1.82, 2.24) is 0 Å². The minimum atomic E-state index is -0.856. The van der Waals surface area contributed by atoms with E-state index in [1.807, 2.05) is 0 Å². The van der Waals surface area contributed by atoms with Crippen LogP contribution in [0.5, 0.6) is 23.0 Å². The molecule has 4 N–H and O–H groups in total. The molecule has 0 unspecified atom stereocenters. The Kier molecular flexibility index (Phi) is 3.04. The number of rotatable bonds is 1. The van der Waals surface area contributed by atoms with Crippen molar-refractivity contribution in [1.29, 1.82) is 0 Å². The van der Waals surface area contributed by atoms with E-state index < -0.39 is 22.6 Å². The number of phenols is 4. The molecule has 3 aromatic heterocycles. The van der Waals surface area contributed by atoms with Gasteiger partial charge in [0.1, 0.15) is 16.9 Å². The van der Waals surface area contributed by atoms with Gasteiger partial charge in [0.15, 0.2) is 28.4 Å². The molecule has 0 saturated heterocycles. The van der Waals surface area contributed by atoms with Crippen molar-refractivity contribution in [2.45, 2.75) is 0 Å². The van der Waals surface area contributed by atoms with Crippen LogP contribution >= 0.6 is 0 Å². The number of hydrogen-bond acceptors (Lipinski definition) is 9. The maximum atomic E-state index is 12.7. The predicted molar refractivity (Wildman–Crippen MR) is 109 cm³/mol. The van der Waals surface area contributed by atoms with Crippen molar-refractivity contribution in [3.05, 3.63) is 57.0 Å². The first kappa shape index (κ1) is 17.2. The molecule has 0 aliphatic carbocycles. The third-order valence-corrected chi connectivity index (χ3v) is 5.28. The van der Waals surface area contributed by atoms with E-state index in [-0.39, 0.29) is 55.9 Å². The van der Waals surface area contributed by atoms with Crippen LogP contribution in [0.3, 0.4) is 0 Å². The third kappa shape index (κ3) is 2.14. The van der Waals surface area contributed by atoms with Crippen LogP contribution in [0.25, 0.3) is 55.2 Å². The summed E-state index contributed by atoms with van der Waals surface area (Å²) in [6.07, 6.45) is 0. The van der Waals surface area contributed by atoms with Crippen LogP contribution in [0.1, 0.15) is 0 Å². The molecule has 152 valence electrons. The first-order chi connectivity index (χ1) is 14.8. The third-order valence-electron chi connectivity index (χ3n) is 5.28. The van der Waals surface area contributed by atoms with Gasteiger partial charge in [-0.05, 0) is 18.2 Å². The molecule has 0 spiro atoms. The van der Waals surface area contributed by atoms with Gasteiger partial charge in [0.05, 0.1) is 10.8 Å². The SMILES string of the molecule is O=c1cc2c(=O)oc3c(-c4ccc(O)c(O)c4)oc4cc(O)cc5oc(c1O)c2c3c45. The maximum Gasteiger partial charge on any atom is 0.344 e. The fourth-order valence-corrected chi connectivity index (χ4v) is 3.95. The summed E-state index contributed by atoms with van der Waals surface area (Å²) >= 11 is 0. The van der Waals surface area contributed by atoms with Gasteiger partial charge in [-0.25, -0.2) is 4.79 Å². The molecule has 6 rings (SSSR count). The highest BCUT2D eigenvalue weighted by atomic mass is 16.4. The number of aromatic hydroxyl groups is 4. The van der Waals surface area contributed by atoms with Crippen LogP contribution < -0.4 is 11.1 Å². The van der Waals surface area contributed by atoms with Crippen molar-refractivity contribution in [3.8, 4) is 34.3 Å². The molecule has 3 aromatic carbocycles. The summed E-state index contributed by atoms with van der Waals surface area (Å²) in [5, 5.41) is 40.8.